The minimum Gasteiger partial charge on any atom is -0.481 e. The third-order valence-electron chi connectivity index (χ3n) is 25.5. The van der Waals surface area contributed by atoms with E-state index in [9.17, 15) is 58.5 Å². The fourth-order valence-electron chi connectivity index (χ4n) is 17.5. The number of pyridine rings is 1. The van der Waals surface area contributed by atoms with E-state index < -0.39 is 239 Å². The molecule has 8 rings (SSSR count). The first-order valence-electron chi connectivity index (χ1n) is 49.2. The maximum absolute atomic E-state index is 15.7. The Hall–Kier alpha value is -13.3. The van der Waals surface area contributed by atoms with Crippen LogP contribution in [0.3, 0.4) is 0 Å². The van der Waals surface area contributed by atoms with E-state index >= 15 is 43.2 Å². The number of primary amides is 1. The lowest BCUT2D eigenvalue weighted by atomic mass is 9.84. The van der Waals surface area contributed by atoms with Gasteiger partial charge >= 0.3 is 11.9 Å². The highest BCUT2D eigenvalue weighted by atomic mass is 32.2. The molecule has 1 saturated heterocycles. The normalized spacial score (nSPS) is 24.4. The number of thioether (sulfide) groups is 1. The zero-order valence-electron chi connectivity index (χ0n) is 82.7. The van der Waals surface area contributed by atoms with Gasteiger partial charge in [0, 0.05) is 43.8 Å². The summed E-state index contributed by atoms with van der Waals surface area (Å²) in [5.41, 5.74) is 21.6. The lowest BCUT2D eigenvalue weighted by Gasteiger charge is -2.31. The van der Waals surface area contributed by atoms with Gasteiger partial charge in [0.1, 0.15) is 90.6 Å². The van der Waals surface area contributed by atoms with Crippen molar-refractivity contribution in [3.05, 3.63) is 161 Å². The molecule has 40 nitrogen and oxygen atoms in total. The van der Waals surface area contributed by atoms with E-state index in [1.165, 1.54) is 55.7 Å². The molecule has 0 unspecified atom stereocenters. The summed E-state index contributed by atoms with van der Waals surface area (Å²) in [6.45, 7) is 13.9. The van der Waals surface area contributed by atoms with Crippen LogP contribution in [0.2, 0.25) is 0 Å². The molecule has 2 saturated carbocycles. The number of benzene rings is 4. The molecule has 0 spiro atoms. The first kappa shape index (κ1) is 115. The van der Waals surface area contributed by atoms with Crippen molar-refractivity contribution in [1.82, 2.24) is 84.7 Å². The van der Waals surface area contributed by atoms with Gasteiger partial charge in [-0.3, -0.25) is 86.5 Å². The second kappa shape index (κ2) is 57.7. The van der Waals surface area contributed by atoms with Crippen molar-refractivity contribution in [1.29, 1.82) is 0 Å². The first-order chi connectivity index (χ1) is 68.1. The SMILES string of the molecule is Cc1cccc(C[C@@H]2NC(=O)[C@H](CC(=O)O)NC(=O)[C@H](Cc3ccc(C(=O)O)cc3)NC(=O)[C@H](Cc3ccncc3)NC(=O)CSC[C@@H](C(=O)N[C@@H](C)C(N)=O)NC(=O)[C@H]([C@@H](C)O)NC(=O)[C@H](C(C)C)NC(=O)[C@H](CC3CCCCC3)NC(=O)[C@H](CCN)NC(=O)[C@@H](CC(C)C)NC(=O)[C@H](CCCN)NC(=O)[C@H](CC3CCCCC3)NC(=O)[C@H](Cc3ccc(-c4ccccc4)cc3)NC(=O)[C@H](C(C)C)NC2=O)c1. The second-order valence-electron chi connectivity index (χ2n) is 38.5. The zero-order valence-corrected chi connectivity index (χ0v) is 83.5. The van der Waals surface area contributed by atoms with Crippen LogP contribution in [-0.4, -0.2) is 248 Å². The first-order valence-corrected chi connectivity index (χ1v) is 50.4. The topological polar surface area (TPSA) is 639 Å². The summed E-state index contributed by atoms with van der Waals surface area (Å²) < 4.78 is 0. The summed E-state index contributed by atoms with van der Waals surface area (Å²) in [6.07, 6.45) is 6.08. The number of rotatable bonds is 29. The van der Waals surface area contributed by atoms with Gasteiger partial charge in [0.25, 0.3) is 0 Å². The second-order valence-corrected chi connectivity index (χ2v) is 39.5. The van der Waals surface area contributed by atoms with Gasteiger partial charge in [-0.15, -0.1) is 11.8 Å². The zero-order chi connectivity index (χ0) is 105. The largest absolute Gasteiger partial charge is 0.481 e. The molecule has 5 aromatic rings. The van der Waals surface area contributed by atoms with Gasteiger partial charge in [0.15, 0.2) is 0 Å². The molecule has 1 aliphatic heterocycles. The molecule has 16 atom stereocenters. The number of aliphatic carboxylic acids is 1. The van der Waals surface area contributed by atoms with Crippen LogP contribution in [0.25, 0.3) is 11.1 Å². The Morgan fingerprint density at radius 2 is 0.825 bits per heavy atom. The Labute approximate surface area is 837 Å². The summed E-state index contributed by atoms with van der Waals surface area (Å²) in [5, 5.41) is 71.9. The summed E-state index contributed by atoms with van der Waals surface area (Å²) in [5.74, 6) is -22.1. The molecule has 16 amide bonds. The van der Waals surface area contributed by atoms with E-state index in [-0.39, 0.29) is 99.8 Å². The molecule has 3 fully saturated rings. The monoisotopic (exact) mass is 2000 g/mol. The number of aromatic carboxylic acids is 1. The number of aromatic nitrogens is 1. The van der Waals surface area contributed by atoms with Gasteiger partial charge in [0.05, 0.1) is 23.8 Å². The molecular weight excluding hydrogens is 1860 g/mol. The number of carboxylic acids is 2. The molecule has 41 heteroatoms. The molecule has 1 aromatic heterocycles. The van der Waals surface area contributed by atoms with Gasteiger partial charge in [0.2, 0.25) is 94.5 Å². The van der Waals surface area contributed by atoms with E-state index in [1.54, 1.807) is 84.9 Å². The predicted molar refractivity (Wildman–Crippen MR) is 534 cm³/mol. The predicted octanol–water partition coefficient (Wildman–Crippen LogP) is 1.79. The Morgan fingerprint density at radius 3 is 1.31 bits per heavy atom. The van der Waals surface area contributed by atoms with Crippen molar-refractivity contribution in [3.63, 3.8) is 0 Å². The minimum atomic E-state index is -2.09. The summed E-state index contributed by atoms with van der Waals surface area (Å²) in [6, 6.07) is 7.49. The quantitative estimate of drug-likeness (QED) is 0.0324. The summed E-state index contributed by atoms with van der Waals surface area (Å²) in [4.78, 5) is 268. The molecular formula is C102H143N19O21S. The maximum atomic E-state index is 15.7. The number of hydrogen-bond acceptors (Lipinski definition) is 23. The van der Waals surface area contributed by atoms with E-state index in [0.717, 1.165) is 56.6 Å². The number of carbonyl (C=O) groups excluding carboxylic acids is 16. The number of hydrogen-bond donors (Lipinski definition) is 21. The Kier molecular flexibility index (Phi) is 46.4. The van der Waals surface area contributed by atoms with Gasteiger partial charge in [-0.25, -0.2) is 4.79 Å². The number of aliphatic hydroxyl groups is 1. The third-order valence-corrected chi connectivity index (χ3v) is 26.6. The summed E-state index contributed by atoms with van der Waals surface area (Å²) >= 11 is 0.701. The van der Waals surface area contributed by atoms with E-state index in [1.807, 2.05) is 42.5 Å². The number of nitrogens with two attached hydrogens (primary N) is 3. The number of aliphatic hydroxyl groups excluding tert-OH is 1. The van der Waals surface area contributed by atoms with Crippen molar-refractivity contribution in [2.75, 3.05) is 24.6 Å². The number of nitrogens with zero attached hydrogens (tertiary/aromatic N) is 1. The van der Waals surface area contributed by atoms with Gasteiger partial charge < -0.3 is 112 Å². The maximum Gasteiger partial charge on any atom is 0.335 e. The molecule has 143 heavy (non-hydrogen) atoms. The summed E-state index contributed by atoms with van der Waals surface area (Å²) in [7, 11) is 0. The van der Waals surface area contributed by atoms with Crippen molar-refractivity contribution in [3.8, 4) is 11.1 Å². The minimum absolute atomic E-state index is 0.0253. The molecule has 2 heterocycles. The van der Waals surface area contributed by atoms with Crippen LogP contribution in [0.5, 0.6) is 0 Å². The van der Waals surface area contributed by atoms with Crippen LogP contribution in [0.1, 0.15) is 203 Å². The number of nitrogens with one attached hydrogen (secondary N) is 15. The van der Waals surface area contributed by atoms with Crippen LogP contribution >= 0.6 is 11.8 Å². The van der Waals surface area contributed by atoms with Gasteiger partial charge in [-0.2, -0.15) is 0 Å². The van der Waals surface area contributed by atoms with Crippen LogP contribution in [0.4, 0.5) is 0 Å². The van der Waals surface area contributed by atoms with Gasteiger partial charge in [-0.1, -0.05) is 202 Å². The fraction of sp³-hybridized carbons (Fsp3) is 0.539. The number of aryl methyl sites for hydroxylation is 1. The lowest BCUT2D eigenvalue weighted by Crippen LogP contribution is -2.63. The molecule has 24 N–H and O–H groups in total. The van der Waals surface area contributed by atoms with E-state index in [2.05, 4.69) is 84.7 Å². The smallest absolute Gasteiger partial charge is 0.335 e. The molecule has 0 bridgehead atoms. The Morgan fingerprint density at radius 1 is 0.420 bits per heavy atom. The van der Waals surface area contributed by atoms with Crippen molar-refractivity contribution in [2.45, 2.75) is 294 Å². The Balaban J connectivity index is 1.23. The van der Waals surface area contributed by atoms with Crippen LogP contribution in [-0.2, 0) is 107 Å². The van der Waals surface area contributed by atoms with E-state index in [4.69, 9.17) is 17.2 Å². The fourth-order valence-corrected chi connectivity index (χ4v) is 18.3. The highest BCUT2D eigenvalue weighted by Gasteiger charge is 2.42. The molecule has 2 aliphatic carbocycles. The lowest BCUT2D eigenvalue weighted by molar-refractivity contribution is -0.141. The van der Waals surface area contributed by atoms with Crippen molar-refractivity contribution < 1.29 is 102 Å². The van der Waals surface area contributed by atoms with Gasteiger partial charge in [-0.05, 0) is 160 Å². The average Bonchev–Trinajstić information content (AvgIpc) is 0.856. The average molecular weight is 2000 g/mol. The third kappa shape index (κ3) is 37.8. The number of carboxylic acid groups (broad SMARTS) is 2. The molecule has 3 aliphatic rings. The molecule has 4 aromatic carbocycles. The molecule has 0 radical (unpaired) electrons. The highest BCUT2D eigenvalue weighted by molar-refractivity contribution is 8.00. The van der Waals surface area contributed by atoms with Crippen LogP contribution in [0, 0.1) is 36.5 Å². The Bertz CT molecular complexity index is 5160. The number of carbonyl (C=O) groups is 18. The number of amides is 16. The molecule has 778 valence electrons. The standard InChI is InChI=1S/C102H143N19O21S/c1-56(2)45-73-90(129)110-72(38-42-104)89(128)112-78(48-63-24-15-11-16-25-63)96(135)120-85(58(5)6)100(139)121-86(61(9)122)101(140)118-81(98(137)107-60(8)87(105)126)54-143-55-82(123)108-74(51-66-39-43-106-44-40-66)91(130)113-76(49-65-32-36-70(37-33-65)102(141)142)93(132)116-80(53-83(124)125)95(134)115-79(52-67-26-19-21-59(7)46-67)97(136)119-84(57(3)4)99(138)117-77(50-64-30-34-69(35-31-64)68-27-17-12-18-28-68)94(133)114-75(47-62-22-13-10-14-23-62)92(131)109-71(29-20-41-103)88(127)111-73/h12,17-19,21,26-28,30-37,39-40,43-44,46,56-58,60-63,71-81,84-86,122H,10-11,13-16,20,22-25,29,38,41-42,45,47-55,103-104H2,1-9H3,(H2,105,126)(H,107,137)(H,108,123)(H,109,131)(H,110,129)(H,111,127)(H,112,128)(H,113,130)(H,114,133)(H,115,134)(H,116,132)(H,117,138)(H,118,140)(H,119,136)(H,120,135)(H,121,139)(H,124,125)(H,141,142)/t60-,61+,71-,72-,73+,74-,75-,76-,77-,78-,79-,80-,81-,84-,85-,86-/m0/s1. The van der Waals surface area contributed by atoms with Crippen LogP contribution < -0.4 is 97.0 Å². The highest BCUT2D eigenvalue weighted by Crippen LogP contribution is 2.31. The van der Waals surface area contributed by atoms with Crippen LogP contribution in [0.15, 0.2) is 128 Å². The van der Waals surface area contributed by atoms with Crippen molar-refractivity contribution in [2.24, 2.45) is 46.8 Å². The van der Waals surface area contributed by atoms with Crippen molar-refractivity contribution >= 4 is 118 Å². The van der Waals surface area contributed by atoms with E-state index in [0.29, 0.717) is 59.7 Å².